The summed E-state index contributed by atoms with van der Waals surface area (Å²) in [4.78, 5) is 5.50. The van der Waals surface area contributed by atoms with Crippen LogP contribution < -0.4 is 4.74 Å². The summed E-state index contributed by atoms with van der Waals surface area (Å²) in [6, 6.07) is 6.23. The van der Waals surface area contributed by atoms with Gasteiger partial charge >= 0.3 is 0 Å². The van der Waals surface area contributed by atoms with Gasteiger partial charge in [0.05, 0.1) is 5.69 Å². The largest absolute Gasteiger partial charge is 0.487 e. The Kier molecular flexibility index (Phi) is 2.80. The second-order valence-electron chi connectivity index (χ2n) is 4.44. The first-order valence-electron chi connectivity index (χ1n) is 5.83. The first kappa shape index (κ1) is 11.3. The molecule has 0 bridgehead atoms. The molecular formula is C14H14N2OS. The van der Waals surface area contributed by atoms with Crippen molar-refractivity contribution < 1.29 is 4.74 Å². The molecule has 0 saturated heterocycles. The molecule has 4 heteroatoms. The number of aryl methyl sites for hydroxylation is 2. The van der Waals surface area contributed by atoms with Crippen molar-refractivity contribution in [1.29, 1.82) is 0 Å². The summed E-state index contributed by atoms with van der Waals surface area (Å²) in [7, 11) is 0. The molecule has 3 rings (SSSR count). The van der Waals surface area contributed by atoms with Crippen molar-refractivity contribution in [2.45, 2.75) is 20.5 Å². The van der Waals surface area contributed by atoms with Gasteiger partial charge in [-0.2, -0.15) is 0 Å². The minimum absolute atomic E-state index is 0.511. The zero-order valence-electron chi connectivity index (χ0n) is 10.4. The highest BCUT2D eigenvalue weighted by Crippen LogP contribution is 2.18. The van der Waals surface area contributed by atoms with Crippen LogP contribution in [-0.4, -0.2) is 9.38 Å². The van der Waals surface area contributed by atoms with E-state index in [0.717, 1.165) is 16.4 Å². The SMILES string of the molecule is Cc1cc(C)cc(OCc2cn3ccsc3n2)c1. The van der Waals surface area contributed by atoms with E-state index >= 15 is 0 Å². The van der Waals surface area contributed by atoms with Gasteiger partial charge in [-0.15, -0.1) is 11.3 Å². The highest BCUT2D eigenvalue weighted by molar-refractivity contribution is 7.15. The number of aromatic nitrogens is 2. The fourth-order valence-electron chi connectivity index (χ4n) is 2.02. The van der Waals surface area contributed by atoms with Gasteiger partial charge in [0.1, 0.15) is 12.4 Å². The van der Waals surface area contributed by atoms with E-state index in [0.29, 0.717) is 6.61 Å². The molecule has 0 aliphatic heterocycles. The van der Waals surface area contributed by atoms with Crippen LogP contribution in [0.3, 0.4) is 0 Å². The minimum atomic E-state index is 0.511. The quantitative estimate of drug-likeness (QED) is 0.717. The number of rotatable bonds is 3. The lowest BCUT2D eigenvalue weighted by Crippen LogP contribution is -1.96. The lowest BCUT2D eigenvalue weighted by molar-refractivity contribution is 0.301. The number of nitrogens with zero attached hydrogens (tertiary/aromatic N) is 2. The second-order valence-corrected chi connectivity index (χ2v) is 5.31. The molecule has 1 aromatic carbocycles. The molecule has 3 nitrogen and oxygen atoms in total. The van der Waals surface area contributed by atoms with Gasteiger partial charge in [-0.25, -0.2) is 4.98 Å². The van der Waals surface area contributed by atoms with Crippen LogP contribution in [-0.2, 0) is 6.61 Å². The molecule has 0 saturated carbocycles. The molecule has 2 aromatic heterocycles. The highest BCUT2D eigenvalue weighted by atomic mass is 32.1. The number of thiazole rings is 1. The average Bonchev–Trinajstić information content (AvgIpc) is 2.84. The number of ether oxygens (including phenoxy) is 1. The van der Waals surface area contributed by atoms with E-state index in [9.17, 15) is 0 Å². The molecule has 0 atom stereocenters. The Labute approximate surface area is 110 Å². The van der Waals surface area contributed by atoms with Crippen molar-refractivity contribution in [3.05, 3.63) is 52.8 Å². The van der Waals surface area contributed by atoms with Crippen LogP contribution in [0.5, 0.6) is 5.75 Å². The van der Waals surface area contributed by atoms with Crippen LogP contribution in [0.4, 0.5) is 0 Å². The Morgan fingerprint density at radius 3 is 2.72 bits per heavy atom. The standard InChI is InChI=1S/C14H14N2OS/c1-10-5-11(2)7-13(6-10)17-9-12-8-16-3-4-18-14(16)15-12/h3-8H,9H2,1-2H3. The van der Waals surface area contributed by atoms with Gasteiger partial charge in [0.2, 0.25) is 0 Å². The number of hydrogen-bond acceptors (Lipinski definition) is 3. The van der Waals surface area contributed by atoms with E-state index in [-0.39, 0.29) is 0 Å². The summed E-state index contributed by atoms with van der Waals surface area (Å²) >= 11 is 1.63. The maximum atomic E-state index is 5.78. The monoisotopic (exact) mass is 258 g/mol. The molecule has 0 radical (unpaired) electrons. The lowest BCUT2D eigenvalue weighted by atomic mass is 10.1. The summed E-state index contributed by atoms with van der Waals surface area (Å²) in [5.41, 5.74) is 3.40. The van der Waals surface area contributed by atoms with Gasteiger partial charge in [0.25, 0.3) is 0 Å². The zero-order chi connectivity index (χ0) is 12.5. The second kappa shape index (κ2) is 4.46. The molecule has 0 N–H and O–H groups in total. The molecular weight excluding hydrogens is 244 g/mol. The van der Waals surface area contributed by atoms with Crippen molar-refractivity contribution in [2.24, 2.45) is 0 Å². The Bertz CT molecular complexity index is 635. The smallest absolute Gasteiger partial charge is 0.193 e. The third-order valence-electron chi connectivity index (χ3n) is 2.73. The van der Waals surface area contributed by atoms with Crippen LogP contribution >= 0.6 is 11.3 Å². The van der Waals surface area contributed by atoms with Crippen LogP contribution in [0.15, 0.2) is 36.0 Å². The fourth-order valence-corrected chi connectivity index (χ4v) is 2.74. The highest BCUT2D eigenvalue weighted by Gasteiger charge is 2.03. The molecule has 0 fully saturated rings. The van der Waals surface area contributed by atoms with Crippen molar-refractivity contribution in [3.8, 4) is 5.75 Å². The van der Waals surface area contributed by atoms with Gasteiger partial charge in [-0.1, -0.05) is 6.07 Å². The van der Waals surface area contributed by atoms with Crippen molar-refractivity contribution in [1.82, 2.24) is 9.38 Å². The molecule has 92 valence electrons. The lowest BCUT2D eigenvalue weighted by Gasteiger charge is -2.06. The average molecular weight is 258 g/mol. The fraction of sp³-hybridized carbons (Fsp3) is 0.214. The maximum absolute atomic E-state index is 5.78. The van der Waals surface area contributed by atoms with Gasteiger partial charge in [0, 0.05) is 17.8 Å². The Balaban J connectivity index is 1.75. The summed E-state index contributed by atoms with van der Waals surface area (Å²) < 4.78 is 7.80. The predicted octanol–water partition coefficient (Wildman–Crippen LogP) is 3.59. The van der Waals surface area contributed by atoms with E-state index in [1.54, 1.807) is 11.3 Å². The molecule has 2 heterocycles. The van der Waals surface area contributed by atoms with Crippen molar-refractivity contribution in [2.75, 3.05) is 0 Å². The van der Waals surface area contributed by atoms with Gasteiger partial charge < -0.3 is 4.74 Å². The first-order chi connectivity index (χ1) is 8.70. The van der Waals surface area contributed by atoms with Crippen LogP contribution in [0, 0.1) is 13.8 Å². The number of hydrogen-bond donors (Lipinski definition) is 0. The predicted molar refractivity (Wildman–Crippen MR) is 73.3 cm³/mol. The van der Waals surface area contributed by atoms with Gasteiger partial charge in [-0.3, -0.25) is 4.40 Å². The van der Waals surface area contributed by atoms with E-state index in [2.05, 4.69) is 24.9 Å². The van der Waals surface area contributed by atoms with E-state index in [1.807, 2.05) is 34.3 Å². The van der Waals surface area contributed by atoms with Crippen molar-refractivity contribution >= 4 is 16.3 Å². The van der Waals surface area contributed by atoms with E-state index < -0.39 is 0 Å². The van der Waals surface area contributed by atoms with Gasteiger partial charge in [-0.05, 0) is 37.1 Å². The summed E-state index contributed by atoms with van der Waals surface area (Å²) in [5, 5.41) is 2.02. The molecule has 18 heavy (non-hydrogen) atoms. The molecule has 0 spiro atoms. The Morgan fingerprint density at radius 1 is 1.22 bits per heavy atom. The zero-order valence-corrected chi connectivity index (χ0v) is 11.2. The maximum Gasteiger partial charge on any atom is 0.193 e. The van der Waals surface area contributed by atoms with E-state index in [1.165, 1.54) is 11.1 Å². The number of imidazole rings is 1. The number of benzene rings is 1. The van der Waals surface area contributed by atoms with Crippen LogP contribution in [0.25, 0.3) is 4.96 Å². The Hall–Kier alpha value is -1.81. The van der Waals surface area contributed by atoms with Crippen LogP contribution in [0.2, 0.25) is 0 Å². The van der Waals surface area contributed by atoms with Crippen molar-refractivity contribution in [3.63, 3.8) is 0 Å². The molecule has 3 aromatic rings. The molecule has 0 amide bonds. The topological polar surface area (TPSA) is 26.5 Å². The summed E-state index contributed by atoms with van der Waals surface area (Å²) in [6.07, 6.45) is 4.02. The molecule has 0 unspecified atom stereocenters. The molecule has 0 aliphatic carbocycles. The third kappa shape index (κ3) is 2.24. The number of fused-ring (bicyclic) bond motifs is 1. The summed E-state index contributed by atoms with van der Waals surface area (Å²) in [6.45, 7) is 4.66. The van der Waals surface area contributed by atoms with Gasteiger partial charge in [0.15, 0.2) is 4.96 Å². The Morgan fingerprint density at radius 2 is 2.00 bits per heavy atom. The normalized spacial score (nSPS) is 11.0. The summed E-state index contributed by atoms with van der Waals surface area (Å²) in [5.74, 6) is 0.906. The first-order valence-corrected chi connectivity index (χ1v) is 6.71. The third-order valence-corrected chi connectivity index (χ3v) is 3.50. The van der Waals surface area contributed by atoms with E-state index in [4.69, 9.17) is 4.74 Å². The van der Waals surface area contributed by atoms with Crippen LogP contribution in [0.1, 0.15) is 16.8 Å². The minimum Gasteiger partial charge on any atom is -0.487 e. The molecule has 0 aliphatic rings.